The first kappa shape index (κ1) is 35.2. The third-order valence-corrected chi connectivity index (χ3v) is 7.22. The summed E-state index contributed by atoms with van der Waals surface area (Å²) >= 11 is 0. The van der Waals surface area contributed by atoms with Crippen LogP contribution in [0.4, 0.5) is 52.7 Å². The Morgan fingerprint density at radius 2 is 0.468 bits per heavy atom. The molecule has 0 radical (unpaired) electrons. The lowest BCUT2D eigenvalue weighted by Gasteiger charge is -2.40. The molecule has 0 spiro atoms. The predicted molar refractivity (Wildman–Crippen MR) is 141 cm³/mol. The largest absolute Gasteiger partial charge is 0.416 e. The zero-order valence-electron chi connectivity index (χ0n) is 23.2. The molecule has 0 aromatic heterocycles. The van der Waals surface area contributed by atoms with Crippen molar-refractivity contribution in [1.82, 2.24) is 0 Å². The quantitative estimate of drug-likeness (QED) is 0.138. The van der Waals surface area contributed by atoms with E-state index in [4.69, 9.17) is 4.74 Å². The van der Waals surface area contributed by atoms with Gasteiger partial charge in [-0.05, 0) is 70.8 Å². The summed E-state index contributed by atoms with van der Waals surface area (Å²) in [5.41, 5.74) is -12.4. The normalized spacial score (nSPS) is 13.4. The van der Waals surface area contributed by atoms with E-state index in [0.29, 0.717) is 48.5 Å². The molecule has 4 aromatic carbocycles. The number of ether oxygens (including phenoxy) is 1. The first-order valence-corrected chi connectivity index (χ1v) is 13.0. The first-order valence-electron chi connectivity index (χ1n) is 13.0. The third-order valence-electron chi connectivity index (χ3n) is 7.22. The summed E-state index contributed by atoms with van der Waals surface area (Å²) in [4.78, 5) is 26.1. The lowest BCUT2D eigenvalue weighted by Crippen LogP contribution is -2.45. The fourth-order valence-corrected chi connectivity index (χ4v) is 4.77. The monoisotopic (exact) mass is 678 g/mol. The van der Waals surface area contributed by atoms with Crippen LogP contribution in [-0.2, 0) is 50.2 Å². The minimum Gasteiger partial charge on any atom is -0.335 e. The van der Waals surface area contributed by atoms with Crippen LogP contribution in [0.5, 0.6) is 0 Å². The Hall–Kier alpha value is -4.66. The van der Waals surface area contributed by atoms with Gasteiger partial charge in [-0.3, -0.25) is 9.59 Å². The van der Waals surface area contributed by atoms with Crippen LogP contribution in [0.1, 0.15) is 44.5 Å². The van der Waals surface area contributed by atoms with Crippen LogP contribution >= 0.6 is 0 Å². The van der Waals surface area contributed by atoms with Crippen LogP contribution in [0.15, 0.2) is 97.1 Å². The molecular weight excluding hydrogens is 660 g/mol. The van der Waals surface area contributed by atoms with Crippen molar-refractivity contribution in [2.45, 2.75) is 35.9 Å². The molecule has 0 atom stereocenters. The van der Waals surface area contributed by atoms with E-state index in [0.717, 1.165) is 48.5 Å². The maximum Gasteiger partial charge on any atom is 0.416 e. The Bertz CT molecular complexity index is 1460. The van der Waals surface area contributed by atoms with Crippen LogP contribution in [0.3, 0.4) is 0 Å². The second-order valence-electron chi connectivity index (χ2n) is 10.1. The Morgan fingerprint density at radius 1 is 0.319 bits per heavy atom. The molecule has 0 heterocycles. The van der Waals surface area contributed by atoms with E-state index >= 15 is 0 Å². The molecule has 3 nitrogen and oxygen atoms in total. The van der Waals surface area contributed by atoms with Crippen LogP contribution in [0.25, 0.3) is 0 Å². The average molecular weight is 678 g/mol. The zero-order valence-corrected chi connectivity index (χ0v) is 23.2. The summed E-state index contributed by atoms with van der Waals surface area (Å²) in [6, 6.07) is 9.81. The maximum absolute atomic E-state index is 13.4. The lowest BCUT2D eigenvalue weighted by molar-refractivity contribution is -0.156. The zero-order chi connectivity index (χ0) is 35.1. The molecule has 0 saturated carbocycles. The molecular formula is C32H18F12O3. The number of carbonyl (C=O) groups excluding carboxylic acids is 2. The van der Waals surface area contributed by atoms with Gasteiger partial charge in [0.2, 0.25) is 0 Å². The fourth-order valence-electron chi connectivity index (χ4n) is 4.77. The van der Waals surface area contributed by atoms with Crippen molar-refractivity contribution in [2.24, 2.45) is 0 Å². The molecule has 0 fully saturated rings. The molecule has 248 valence electrons. The van der Waals surface area contributed by atoms with Gasteiger partial charge in [-0.15, -0.1) is 0 Å². The van der Waals surface area contributed by atoms with E-state index in [9.17, 15) is 62.3 Å². The van der Waals surface area contributed by atoms with Crippen molar-refractivity contribution in [3.05, 3.63) is 142 Å². The van der Waals surface area contributed by atoms with Crippen molar-refractivity contribution in [1.29, 1.82) is 0 Å². The van der Waals surface area contributed by atoms with Gasteiger partial charge in [0.15, 0.2) is 23.8 Å². The molecule has 0 aliphatic carbocycles. The molecule has 0 aliphatic rings. The van der Waals surface area contributed by atoms with Crippen LogP contribution < -0.4 is 0 Å². The molecule has 4 aromatic rings. The third kappa shape index (κ3) is 7.04. The second-order valence-corrected chi connectivity index (χ2v) is 10.1. The average Bonchev–Trinajstić information content (AvgIpc) is 3.01. The number of hydrogen-bond donors (Lipinski definition) is 0. The van der Waals surface area contributed by atoms with Gasteiger partial charge < -0.3 is 4.74 Å². The van der Waals surface area contributed by atoms with Gasteiger partial charge >= 0.3 is 24.7 Å². The number of benzene rings is 4. The Balaban J connectivity index is 2.04. The summed E-state index contributed by atoms with van der Waals surface area (Å²) in [5.74, 6) is 0. The highest BCUT2D eigenvalue weighted by Crippen LogP contribution is 2.45. The van der Waals surface area contributed by atoms with Crippen LogP contribution in [0.2, 0.25) is 0 Å². The lowest BCUT2D eigenvalue weighted by atomic mass is 9.81. The first-order chi connectivity index (χ1) is 21.7. The number of rotatable bonds is 8. The minimum absolute atomic E-state index is 0.0649. The maximum atomic E-state index is 13.4. The molecule has 0 saturated heterocycles. The number of aldehydes is 2. The van der Waals surface area contributed by atoms with Gasteiger partial charge in [0.25, 0.3) is 0 Å². The number of alkyl halides is 12. The number of carbonyl (C=O) groups is 2. The highest BCUT2D eigenvalue weighted by Gasteiger charge is 2.48. The Labute approximate surface area is 257 Å². The Morgan fingerprint density at radius 3 is 0.596 bits per heavy atom. The van der Waals surface area contributed by atoms with E-state index in [1.165, 1.54) is 0 Å². The van der Waals surface area contributed by atoms with Crippen molar-refractivity contribution in [3.8, 4) is 0 Å². The van der Waals surface area contributed by atoms with Crippen molar-refractivity contribution >= 4 is 12.6 Å². The molecule has 0 N–H and O–H groups in total. The summed E-state index contributed by atoms with van der Waals surface area (Å²) in [6.07, 6.45) is -19.7. The SMILES string of the molecule is O=CC(OC(C=O)(c1ccc(C(F)(F)F)cc1)c1ccc(C(F)(F)F)cc1)(c1ccc(C(F)(F)F)cc1)c1ccc(C(F)(F)F)cc1. The smallest absolute Gasteiger partial charge is 0.335 e. The van der Waals surface area contributed by atoms with Crippen molar-refractivity contribution < 1.29 is 67.0 Å². The van der Waals surface area contributed by atoms with Gasteiger partial charge in [-0.1, -0.05) is 48.5 Å². The summed E-state index contributed by atoms with van der Waals surface area (Å²) < 4.78 is 166. The molecule has 4 rings (SSSR count). The summed E-state index contributed by atoms with van der Waals surface area (Å²) in [6.45, 7) is 0. The van der Waals surface area contributed by atoms with Crippen molar-refractivity contribution in [3.63, 3.8) is 0 Å². The number of hydrogen-bond acceptors (Lipinski definition) is 3. The van der Waals surface area contributed by atoms with Gasteiger partial charge in [0.05, 0.1) is 22.3 Å². The van der Waals surface area contributed by atoms with Crippen LogP contribution in [0, 0.1) is 0 Å². The fraction of sp³-hybridized carbons (Fsp3) is 0.188. The minimum atomic E-state index is -4.88. The van der Waals surface area contributed by atoms with E-state index in [1.54, 1.807) is 0 Å². The van der Waals surface area contributed by atoms with Gasteiger partial charge in [-0.25, -0.2) is 0 Å². The Kier molecular flexibility index (Phi) is 9.12. The molecule has 47 heavy (non-hydrogen) atoms. The van der Waals surface area contributed by atoms with Crippen molar-refractivity contribution in [2.75, 3.05) is 0 Å². The van der Waals surface area contributed by atoms with E-state index in [1.807, 2.05) is 0 Å². The summed E-state index contributed by atoms with van der Waals surface area (Å²) in [7, 11) is 0. The molecule has 0 aliphatic heterocycles. The topological polar surface area (TPSA) is 43.4 Å². The molecule has 0 amide bonds. The van der Waals surface area contributed by atoms with Gasteiger partial charge in [0, 0.05) is 0 Å². The molecule has 15 heteroatoms. The number of halogens is 12. The van der Waals surface area contributed by atoms with E-state index in [-0.39, 0.29) is 12.6 Å². The van der Waals surface area contributed by atoms with Crippen LogP contribution in [-0.4, -0.2) is 12.6 Å². The second kappa shape index (κ2) is 12.2. The highest BCUT2D eigenvalue weighted by atomic mass is 19.4. The van der Waals surface area contributed by atoms with Gasteiger partial charge in [-0.2, -0.15) is 52.7 Å². The molecule has 0 bridgehead atoms. The van der Waals surface area contributed by atoms with Gasteiger partial charge in [0.1, 0.15) is 0 Å². The van der Waals surface area contributed by atoms with E-state index in [2.05, 4.69) is 0 Å². The highest BCUT2D eigenvalue weighted by molar-refractivity contribution is 5.77. The summed E-state index contributed by atoms with van der Waals surface area (Å²) in [5, 5.41) is 0. The van der Waals surface area contributed by atoms with E-state index < -0.39 is 80.4 Å². The standard InChI is InChI=1S/C32H18F12O3/c33-29(34,35)23-9-1-19(2-10-23)27(17-45,20-3-11-24(12-4-20)30(36,37)38)47-28(18-46,21-5-13-25(14-6-21)31(39,40)41)22-7-15-26(16-8-22)32(42,43)44/h1-18H. The predicted octanol–water partition coefficient (Wildman–Crippen LogP) is 9.36. The molecule has 0 unspecified atom stereocenters.